The maximum atomic E-state index is 6.72. The molecule has 102 valence electrons. The maximum absolute atomic E-state index is 6.72. The second-order valence-corrected chi connectivity index (χ2v) is 6.01. The molecule has 0 aliphatic rings. The molecule has 2 aromatic rings. The summed E-state index contributed by atoms with van der Waals surface area (Å²) in [4.78, 5) is 0. The first-order valence-electron chi connectivity index (χ1n) is 7.27. The lowest BCUT2D eigenvalue weighted by molar-refractivity contribution is 0.492. The molecule has 0 aliphatic carbocycles. The predicted molar refractivity (Wildman–Crippen MR) is 86.0 cm³/mol. The third kappa shape index (κ3) is 3.12. The van der Waals surface area contributed by atoms with E-state index in [9.17, 15) is 0 Å². The Morgan fingerprint density at radius 2 is 1.74 bits per heavy atom. The number of alkyl halides is 1. The van der Waals surface area contributed by atoms with E-state index in [2.05, 4.69) is 57.2 Å². The minimum atomic E-state index is 0.108. The van der Waals surface area contributed by atoms with E-state index in [0.717, 1.165) is 0 Å². The number of hydrogen-bond donors (Lipinski definition) is 0. The summed E-state index contributed by atoms with van der Waals surface area (Å²) in [6.45, 7) is 6.66. The van der Waals surface area contributed by atoms with Gasteiger partial charge in [-0.2, -0.15) is 0 Å². The quantitative estimate of drug-likeness (QED) is 0.565. The molecule has 2 atom stereocenters. The van der Waals surface area contributed by atoms with Gasteiger partial charge in [0.25, 0.3) is 0 Å². The van der Waals surface area contributed by atoms with Crippen LogP contribution in [0.15, 0.2) is 36.4 Å². The van der Waals surface area contributed by atoms with Crippen LogP contribution in [0, 0.1) is 12.8 Å². The van der Waals surface area contributed by atoms with Gasteiger partial charge >= 0.3 is 0 Å². The van der Waals surface area contributed by atoms with Gasteiger partial charge in [0.2, 0.25) is 0 Å². The zero-order chi connectivity index (χ0) is 13.8. The third-order valence-electron chi connectivity index (χ3n) is 3.99. The Hall–Kier alpha value is -1.01. The van der Waals surface area contributed by atoms with Crippen molar-refractivity contribution in [2.24, 2.45) is 5.92 Å². The lowest BCUT2D eigenvalue weighted by Gasteiger charge is -2.20. The molecule has 0 aliphatic heterocycles. The highest BCUT2D eigenvalue weighted by Crippen LogP contribution is 2.36. The van der Waals surface area contributed by atoms with Crippen molar-refractivity contribution in [3.63, 3.8) is 0 Å². The zero-order valence-corrected chi connectivity index (χ0v) is 12.9. The van der Waals surface area contributed by atoms with E-state index in [1.807, 2.05) is 0 Å². The van der Waals surface area contributed by atoms with Gasteiger partial charge in [-0.3, -0.25) is 0 Å². The Labute approximate surface area is 121 Å². The minimum absolute atomic E-state index is 0.108. The van der Waals surface area contributed by atoms with Gasteiger partial charge < -0.3 is 0 Å². The largest absolute Gasteiger partial charge is 0.118 e. The SMILES string of the molecule is CCCCC(C)C(Cl)c1ccc(C)c2ccccc12. The summed E-state index contributed by atoms with van der Waals surface area (Å²) in [6, 6.07) is 13.0. The van der Waals surface area contributed by atoms with Gasteiger partial charge in [0.1, 0.15) is 0 Å². The van der Waals surface area contributed by atoms with Crippen molar-refractivity contribution in [2.45, 2.75) is 45.4 Å². The Morgan fingerprint density at radius 3 is 2.42 bits per heavy atom. The Balaban J connectivity index is 2.37. The first kappa shape index (κ1) is 14.4. The van der Waals surface area contributed by atoms with E-state index < -0.39 is 0 Å². The van der Waals surface area contributed by atoms with Gasteiger partial charge in [-0.25, -0.2) is 0 Å². The summed E-state index contributed by atoms with van der Waals surface area (Å²) in [7, 11) is 0. The second-order valence-electron chi connectivity index (χ2n) is 5.54. The molecule has 0 heterocycles. The molecule has 0 saturated heterocycles. The summed E-state index contributed by atoms with van der Waals surface area (Å²) in [5.74, 6) is 0.521. The molecule has 0 N–H and O–H groups in total. The van der Waals surface area contributed by atoms with E-state index >= 15 is 0 Å². The maximum Gasteiger partial charge on any atom is 0.0616 e. The first-order valence-corrected chi connectivity index (χ1v) is 7.71. The lowest BCUT2D eigenvalue weighted by Crippen LogP contribution is -2.05. The monoisotopic (exact) mass is 274 g/mol. The summed E-state index contributed by atoms with van der Waals surface area (Å²) < 4.78 is 0. The van der Waals surface area contributed by atoms with Gasteiger partial charge in [-0.1, -0.05) is 63.1 Å². The Kier molecular flexibility index (Phi) is 4.87. The highest BCUT2D eigenvalue weighted by Gasteiger charge is 2.18. The topological polar surface area (TPSA) is 0 Å². The highest BCUT2D eigenvalue weighted by molar-refractivity contribution is 6.22. The number of rotatable bonds is 5. The van der Waals surface area contributed by atoms with Crippen LogP contribution >= 0.6 is 11.6 Å². The summed E-state index contributed by atoms with van der Waals surface area (Å²) in [5, 5.41) is 2.75. The minimum Gasteiger partial charge on any atom is -0.118 e. The van der Waals surface area contributed by atoms with Crippen LogP contribution < -0.4 is 0 Å². The normalized spacial score (nSPS) is 14.5. The number of fused-ring (bicyclic) bond motifs is 1. The molecule has 2 unspecified atom stereocenters. The fraction of sp³-hybridized carbons (Fsp3) is 0.444. The molecule has 0 amide bonds. The fourth-order valence-electron chi connectivity index (χ4n) is 2.69. The molecule has 0 bridgehead atoms. The van der Waals surface area contributed by atoms with Crippen molar-refractivity contribution in [1.29, 1.82) is 0 Å². The molecule has 19 heavy (non-hydrogen) atoms. The van der Waals surface area contributed by atoms with Crippen LogP contribution in [0.2, 0.25) is 0 Å². The van der Waals surface area contributed by atoms with Gasteiger partial charge in [-0.05, 0) is 41.2 Å². The fourth-order valence-corrected chi connectivity index (χ4v) is 3.01. The van der Waals surface area contributed by atoms with Crippen molar-refractivity contribution in [2.75, 3.05) is 0 Å². The predicted octanol–water partition coefficient (Wildman–Crippen LogP) is 6.25. The van der Waals surface area contributed by atoms with E-state index in [1.165, 1.54) is 41.2 Å². The molecule has 1 heteroatoms. The smallest absolute Gasteiger partial charge is 0.0616 e. The average Bonchev–Trinajstić information content (AvgIpc) is 2.45. The van der Waals surface area contributed by atoms with Crippen LogP contribution in [0.5, 0.6) is 0 Å². The molecule has 0 radical (unpaired) electrons. The van der Waals surface area contributed by atoms with Crippen LogP contribution in [0.25, 0.3) is 10.8 Å². The second kappa shape index (κ2) is 6.43. The van der Waals surface area contributed by atoms with Gasteiger partial charge in [0.15, 0.2) is 0 Å². The summed E-state index contributed by atoms with van der Waals surface area (Å²) >= 11 is 6.72. The van der Waals surface area contributed by atoms with Crippen molar-refractivity contribution in [1.82, 2.24) is 0 Å². The van der Waals surface area contributed by atoms with E-state index in [0.29, 0.717) is 5.92 Å². The lowest BCUT2D eigenvalue weighted by atomic mass is 9.91. The van der Waals surface area contributed by atoms with Crippen molar-refractivity contribution >= 4 is 22.4 Å². The van der Waals surface area contributed by atoms with Gasteiger partial charge in [-0.15, -0.1) is 11.6 Å². The number of unbranched alkanes of at least 4 members (excludes halogenated alkanes) is 1. The molecule has 0 saturated carbocycles. The molecule has 0 fully saturated rings. The van der Waals surface area contributed by atoms with E-state index in [1.54, 1.807) is 0 Å². The highest BCUT2D eigenvalue weighted by atomic mass is 35.5. The van der Waals surface area contributed by atoms with Crippen LogP contribution in [-0.2, 0) is 0 Å². The standard InChI is InChI=1S/C18H23Cl/c1-4-5-8-14(3)18(19)17-12-11-13(2)15-9-6-7-10-16(15)17/h6-7,9-12,14,18H,4-5,8H2,1-3H3. The van der Waals surface area contributed by atoms with Gasteiger partial charge in [0.05, 0.1) is 5.38 Å². The van der Waals surface area contributed by atoms with Crippen LogP contribution in [0.1, 0.15) is 49.6 Å². The molecule has 0 aromatic heterocycles. The van der Waals surface area contributed by atoms with Crippen molar-refractivity contribution in [3.05, 3.63) is 47.5 Å². The molecular weight excluding hydrogens is 252 g/mol. The first-order chi connectivity index (χ1) is 9.15. The molecule has 2 aromatic carbocycles. The Bertz CT molecular complexity index is 544. The third-order valence-corrected chi connectivity index (χ3v) is 4.65. The Morgan fingerprint density at radius 1 is 1.05 bits per heavy atom. The van der Waals surface area contributed by atoms with Crippen molar-refractivity contribution < 1.29 is 0 Å². The molecule has 0 nitrogen and oxygen atoms in total. The van der Waals surface area contributed by atoms with E-state index in [4.69, 9.17) is 11.6 Å². The molecule has 2 rings (SSSR count). The summed E-state index contributed by atoms with van der Waals surface area (Å²) in [5.41, 5.74) is 2.61. The number of aryl methyl sites for hydroxylation is 1. The van der Waals surface area contributed by atoms with Gasteiger partial charge in [0, 0.05) is 0 Å². The van der Waals surface area contributed by atoms with Crippen LogP contribution in [0.3, 0.4) is 0 Å². The number of halogens is 1. The number of benzene rings is 2. The molecule has 0 spiro atoms. The van der Waals surface area contributed by atoms with Crippen molar-refractivity contribution in [3.8, 4) is 0 Å². The van der Waals surface area contributed by atoms with Crippen LogP contribution in [-0.4, -0.2) is 0 Å². The molecular formula is C18H23Cl. The zero-order valence-electron chi connectivity index (χ0n) is 12.1. The van der Waals surface area contributed by atoms with E-state index in [-0.39, 0.29) is 5.38 Å². The van der Waals surface area contributed by atoms with Crippen LogP contribution in [0.4, 0.5) is 0 Å². The number of hydrogen-bond acceptors (Lipinski definition) is 0. The average molecular weight is 275 g/mol. The summed E-state index contributed by atoms with van der Waals surface area (Å²) in [6.07, 6.45) is 3.70.